The van der Waals surface area contributed by atoms with Gasteiger partial charge in [0.2, 0.25) is 5.91 Å². The molecular formula is C27H24F2N4O4. The second-order valence-electron chi connectivity index (χ2n) is 8.60. The second-order valence-corrected chi connectivity index (χ2v) is 8.60. The van der Waals surface area contributed by atoms with E-state index < -0.39 is 22.9 Å². The van der Waals surface area contributed by atoms with E-state index in [1.54, 1.807) is 35.2 Å². The van der Waals surface area contributed by atoms with Crippen LogP contribution in [0.25, 0.3) is 6.08 Å². The van der Waals surface area contributed by atoms with Crippen molar-refractivity contribution in [3.63, 3.8) is 0 Å². The zero-order valence-corrected chi connectivity index (χ0v) is 19.7. The number of nitro benzene ring substituents is 1. The number of para-hydroxylation sites is 1. The summed E-state index contributed by atoms with van der Waals surface area (Å²) in [5, 5.41) is 13.8. The summed E-state index contributed by atoms with van der Waals surface area (Å²) in [6, 6.07) is 16.1. The fourth-order valence-electron chi connectivity index (χ4n) is 4.28. The minimum absolute atomic E-state index is 0.0812. The van der Waals surface area contributed by atoms with E-state index in [1.165, 1.54) is 30.5 Å². The van der Waals surface area contributed by atoms with E-state index in [0.717, 1.165) is 24.5 Å². The Morgan fingerprint density at radius 3 is 2.46 bits per heavy atom. The molecule has 8 nitrogen and oxygen atoms in total. The number of nitrogens with zero attached hydrogens (tertiary/aromatic N) is 3. The van der Waals surface area contributed by atoms with Crippen LogP contribution in [0.2, 0.25) is 0 Å². The highest BCUT2D eigenvalue weighted by atomic mass is 19.3. The van der Waals surface area contributed by atoms with Crippen molar-refractivity contribution in [1.82, 2.24) is 9.88 Å². The maximum Gasteiger partial charge on any atom is 0.280 e. The molecule has 1 N–H and O–H groups in total. The van der Waals surface area contributed by atoms with Gasteiger partial charge in [0.1, 0.15) is 5.69 Å². The molecule has 4 rings (SSSR count). The smallest absolute Gasteiger partial charge is 0.280 e. The Labute approximate surface area is 211 Å². The molecule has 3 aromatic rings. The van der Waals surface area contributed by atoms with E-state index >= 15 is 0 Å². The molecule has 1 aromatic heterocycles. The molecule has 37 heavy (non-hydrogen) atoms. The van der Waals surface area contributed by atoms with E-state index in [-0.39, 0.29) is 23.1 Å². The molecule has 1 aliphatic rings. The summed E-state index contributed by atoms with van der Waals surface area (Å²) >= 11 is 0. The van der Waals surface area contributed by atoms with Gasteiger partial charge < -0.3 is 10.2 Å². The molecule has 1 aliphatic heterocycles. The zero-order valence-electron chi connectivity index (χ0n) is 19.7. The van der Waals surface area contributed by atoms with Crippen LogP contribution in [-0.4, -0.2) is 39.7 Å². The lowest BCUT2D eigenvalue weighted by molar-refractivity contribution is -0.385. The van der Waals surface area contributed by atoms with Gasteiger partial charge in [0.15, 0.2) is 0 Å². The van der Waals surface area contributed by atoms with Gasteiger partial charge in [0, 0.05) is 42.7 Å². The molecular weight excluding hydrogens is 482 g/mol. The van der Waals surface area contributed by atoms with E-state index in [1.807, 2.05) is 12.1 Å². The number of benzene rings is 2. The number of amides is 2. The lowest BCUT2D eigenvalue weighted by atomic mass is 9.89. The number of carbonyl (C=O) groups excluding carboxylic acids is 2. The number of carbonyl (C=O) groups is 2. The lowest BCUT2D eigenvalue weighted by Gasteiger charge is -2.32. The number of halogens is 2. The fraction of sp³-hybridized carbons (Fsp3) is 0.222. The number of nitro groups is 1. The largest absolute Gasteiger partial charge is 0.339 e. The third-order valence-electron chi connectivity index (χ3n) is 6.23. The van der Waals surface area contributed by atoms with Crippen molar-refractivity contribution in [1.29, 1.82) is 0 Å². The summed E-state index contributed by atoms with van der Waals surface area (Å²) in [4.78, 5) is 40.9. The minimum atomic E-state index is -2.73. The number of rotatable bonds is 7. The molecule has 0 spiro atoms. The lowest BCUT2D eigenvalue weighted by Crippen LogP contribution is -2.38. The second kappa shape index (κ2) is 11.5. The van der Waals surface area contributed by atoms with Gasteiger partial charge in [-0.1, -0.05) is 24.3 Å². The molecule has 1 fully saturated rings. The van der Waals surface area contributed by atoms with Crippen molar-refractivity contribution in [3.8, 4) is 0 Å². The molecule has 1 saturated heterocycles. The Balaban J connectivity index is 1.31. The maximum absolute atomic E-state index is 12.9. The number of piperidine rings is 1. The monoisotopic (exact) mass is 506 g/mol. The zero-order chi connectivity index (χ0) is 26.4. The highest BCUT2D eigenvalue weighted by Gasteiger charge is 2.25. The highest BCUT2D eigenvalue weighted by Crippen LogP contribution is 2.30. The Morgan fingerprint density at radius 2 is 1.78 bits per heavy atom. The van der Waals surface area contributed by atoms with Crippen molar-refractivity contribution in [3.05, 3.63) is 105 Å². The van der Waals surface area contributed by atoms with Crippen LogP contribution in [-0.2, 0) is 4.79 Å². The summed E-state index contributed by atoms with van der Waals surface area (Å²) in [5.74, 6) is -0.472. The van der Waals surface area contributed by atoms with Crippen LogP contribution in [0, 0.1) is 10.1 Å². The van der Waals surface area contributed by atoms with Gasteiger partial charge in [-0.05, 0) is 60.7 Å². The number of aromatic nitrogens is 1. The number of hydrogen-bond donors (Lipinski definition) is 1. The topological polar surface area (TPSA) is 105 Å². The first kappa shape index (κ1) is 25.6. The molecule has 2 heterocycles. The van der Waals surface area contributed by atoms with Gasteiger partial charge >= 0.3 is 0 Å². The Hall–Kier alpha value is -4.47. The van der Waals surface area contributed by atoms with Crippen molar-refractivity contribution in [2.24, 2.45) is 0 Å². The predicted molar refractivity (Wildman–Crippen MR) is 134 cm³/mol. The van der Waals surface area contributed by atoms with Gasteiger partial charge in [-0.2, -0.15) is 0 Å². The number of pyridine rings is 1. The third kappa shape index (κ3) is 6.40. The van der Waals surface area contributed by atoms with Crippen LogP contribution >= 0.6 is 0 Å². The van der Waals surface area contributed by atoms with Gasteiger partial charge in [-0.3, -0.25) is 24.7 Å². The molecule has 10 heteroatoms. The van der Waals surface area contributed by atoms with Crippen LogP contribution in [0.3, 0.4) is 0 Å². The van der Waals surface area contributed by atoms with E-state index in [2.05, 4.69) is 10.3 Å². The first-order valence-corrected chi connectivity index (χ1v) is 11.7. The molecule has 190 valence electrons. The van der Waals surface area contributed by atoms with Gasteiger partial charge in [0.25, 0.3) is 18.0 Å². The molecule has 0 radical (unpaired) electrons. The summed E-state index contributed by atoms with van der Waals surface area (Å²) in [5.41, 5.74) is 1.71. The quantitative estimate of drug-likeness (QED) is 0.255. The molecule has 0 atom stereocenters. The van der Waals surface area contributed by atoms with Crippen molar-refractivity contribution < 1.29 is 23.3 Å². The molecule has 0 saturated carbocycles. The Bertz CT molecular complexity index is 1320. The van der Waals surface area contributed by atoms with Crippen molar-refractivity contribution in [2.75, 3.05) is 18.4 Å². The van der Waals surface area contributed by atoms with E-state index in [0.29, 0.717) is 24.3 Å². The van der Waals surface area contributed by atoms with E-state index in [4.69, 9.17) is 0 Å². The van der Waals surface area contributed by atoms with Gasteiger partial charge in [0.05, 0.1) is 10.5 Å². The average Bonchev–Trinajstić information content (AvgIpc) is 2.92. The fourth-order valence-corrected chi connectivity index (χ4v) is 4.28. The third-order valence-corrected chi connectivity index (χ3v) is 6.23. The van der Waals surface area contributed by atoms with Crippen LogP contribution in [0.1, 0.15) is 52.4 Å². The van der Waals surface area contributed by atoms with Gasteiger partial charge in [-0.25, -0.2) is 8.78 Å². The normalized spacial score (nSPS) is 14.2. The minimum Gasteiger partial charge on any atom is -0.339 e. The predicted octanol–water partition coefficient (Wildman–Crippen LogP) is 5.60. The number of likely N-dealkylation sites (tertiary alicyclic amines) is 1. The first-order chi connectivity index (χ1) is 17.8. The summed E-state index contributed by atoms with van der Waals surface area (Å²) in [7, 11) is 0. The number of anilines is 1. The highest BCUT2D eigenvalue weighted by molar-refractivity contribution is 6.02. The Morgan fingerprint density at radius 1 is 1.08 bits per heavy atom. The molecule has 2 amide bonds. The molecule has 0 aliphatic carbocycles. The van der Waals surface area contributed by atoms with Crippen LogP contribution in [0.4, 0.5) is 20.2 Å². The van der Waals surface area contributed by atoms with Crippen LogP contribution in [0.5, 0.6) is 0 Å². The first-order valence-electron chi connectivity index (χ1n) is 11.7. The average molecular weight is 507 g/mol. The van der Waals surface area contributed by atoms with Crippen LogP contribution in [0.15, 0.2) is 72.9 Å². The van der Waals surface area contributed by atoms with Crippen molar-refractivity contribution in [2.45, 2.75) is 25.2 Å². The molecule has 0 bridgehead atoms. The van der Waals surface area contributed by atoms with E-state index in [9.17, 15) is 28.5 Å². The van der Waals surface area contributed by atoms with Crippen LogP contribution < -0.4 is 5.32 Å². The number of nitrogens with one attached hydrogen (secondary N) is 1. The standard InChI is InChI=1S/C27H24F2N4O4/c28-26(29)23-17-21(11-14-30-23)27(35)32-15-12-19(13-16-32)18-5-8-22(9-6-18)31-25(34)10-7-20-3-1-2-4-24(20)33(36)37/h1-11,14,17,19,26H,12-13,15-16H2,(H,31,34)/b10-7+. The summed E-state index contributed by atoms with van der Waals surface area (Å²) in [6.07, 6.45) is 2.59. The molecule has 0 unspecified atom stereocenters. The van der Waals surface area contributed by atoms with Gasteiger partial charge in [-0.15, -0.1) is 0 Å². The maximum atomic E-state index is 12.9. The number of hydrogen-bond acceptors (Lipinski definition) is 5. The number of alkyl halides is 2. The van der Waals surface area contributed by atoms with Crippen molar-refractivity contribution >= 4 is 29.3 Å². The SMILES string of the molecule is O=C(/C=C/c1ccccc1[N+](=O)[O-])Nc1ccc(C2CCN(C(=O)c3ccnc(C(F)F)c3)CC2)cc1. The summed E-state index contributed by atoms with van der Waals surface area (Å²) < 4.78 is 25.8. The molecule has 2 aromatic carbocycles. The summed E-state index contributed by atoms with van der Waals surface area (Å²) in [6.45, 7) is 1.01. The Kier molecular flexibility index (Phi) is 7.97.